The van der Waals surface area contributed by atoms with Crippen LogP contribution in [0.4, 0.5) is 0 Å². The summed E-state index contributed by atoms with van der Waals surface area (Å²) >= 11 is 0. The molecule has 0 aliphatic rings. The lowest BCUT2D eigenvalue weighted by Crippen LogP contribution is -2.24. The Morgan fingerprint density at radius 2 is 2.09 bits per heavy atom. The molecule has 0 aromatic rings. The second-order valence-corrected chi connectivity index (χ2v) is 2.62. The van der Waals surface area contributed by atoms with Crippen LogP contribution < -0.4 is 0 Å². The number of hydrogen-bond donors (Lipinski definition) is 0. The highest BCUT2D eigenvalue weighted by Crippen LogP contribution is 2.06. The predicted octanol–water partition coefficient (Wildman–Crippen LogP) is 2.05. The second kappa shape index (κ2) is 4.72. The molecule has 62 valence electrons. The van der Waals surface area contributed by atoms with Crippen molar-refractivity contribution in [3.05, 3.63) is 24.6 Å². The maximum atomic E-state index is 3.86. The lowest BCUT2D eigenvalue weighted by atomic mass is 10.3. The maximum absolute atomic E-state index is 3.86. The number of rotatable bonds is 4. The van der Waals surface area contributed by atoms with Gasteiger partial charge in [-0.05, 0) is 26.6 Å². The first-order valence-electron chi connectivity index (χ1n) is 3.65. The molecule has 0 N–H and O–H groups in total. The molecule has 0 aliphatic carbocycles. The van der Waals surface area contributed by atoms with Crippen LogP contribution in [0.5, 0.6) is 0 Å². The van der Waals surface area contributed by atoms with Crippen molar-refractivity contribution in [1.29, 1.82) is 0 Å². The van der Waals surface area contributed by atoms with Gasteiger partial charge in [-0.3, -0.25) is 0 Å². The molecule has 0 spiro atoms. The fourth-order valence-corrected chi connectivity index (χ4v) is 0.652. The topological polar surface area (TPSA) is 15.6 Å². The summed E-state index contributed by atoms with van der Waals surface area (Å²) in [5.41, 5.74) is 0. The molecule has 0 heterocycles. The third-order valence-corrected chi connectivity index (χ3v) is 1.56. The van der Waals surface area contributed by atoms with E-state index in [1.807, 2.05) is 18.0 Å². The molecule has 0 aliphatic heterocycles. The lowest BCUT2D eigenvalue weighted by molar-refractivity contribution is 0.342. The van der Waals surface area contributed by atoms with Crippen LogP contribution in [-0.2, 0) is 0 Å². The molecule has 0 radical (unpaired) electrons. The molecule has 0 fully saturated rings. The van der Waals surface area contributed by atoms with Crippen molar-refractivity contribution in [2.24, 2.45) is 4.99 Å². The zero-order valence-corrected chi connectivity index (χ0v) is 7.54. The SMILES string of the molecule is C=C/C=C(\N=C)N(C)C(C)C. The first-order chi connectivity index (χ1) is 5.13. The van der Waals surface area contributed by atoms with Crippen molar-refractivity contribution < 1.29 is 0 Å². The van der Waals surface area contributed by atoms with Crippen molar-refractivity contribution in [1.82, 2.24) is 4.90 Å². The van der Waals surface area contributed by atoms with Gasteiger partial charge in [-0.15, -0.1) is 0 Å². The van der Waals surface area contributed by atoms with Crippen LogP contribution in [0.15, 0.2) is 29.5 Å². The quantitative estimate of drug-likeness (QED) is 0.444. The Balaban J connectivity index is 4.37. The Morgan fingerprint density at radius 3 is 2.36 bits per heavy atom. The van der Waals surface area contributed by atoms with E-state index in [0.29, 0.717) is 6.04 Å². The normalized spacial score (nSPS) is 11.5. The average molecular weight is 152 g/mol. The largest absolute Gasteiger partial charge is 0.357 e. The van der Waals surface area contributed by atoms with Gasteiger partial charge in [0, 0.05) is 13.1 Å². The third kappa shape index (κ3) is 3.03. The maximum Gasteiger partial charge on any atom is 0.127 e. The molecular weight excluding hydrogens is 136 g/mol. The van der Waals surface area contributed by atoms with E-state index in [9.17, 15) is 0 Å². The Bertz CT molecular complexity index is 168. The van der Waals surface area contributed by atoms with E-state index in [0.717, 1.165) is 5.82 Å². The third-order valence-electron chi connectivity index (χ3n) is 1.56. The fraction of sp³-hybridized carbons (Fsp3) is 0.444. The molecule has 11 heavy (non-hydrogen) atoms. The number of aliphatic imine (C=N–C) groups is 1. The van der Waals surface area contributed by atoms with Crippen molar-refractivity contribution in [2.45, 2.75) is 19.9 Å². The standard InChI is InChI=1S/C9H16N2/c1-6-7-9(10-4)11(5)8(2)3/h6-8H,1,4H2,2-3,5H3/b9-7+. The second-order valence-electron chi connectivity index (χ2n) is 2.62. The highest BCUT2D eigenvalue weighted by atomic mass is 15.2. The van der Waals surface area contributed by atoms with Crippen molar-refractivity contribution >= 4 is 6.72 Å². The molecule has 0 rings (SSSR count). The van der Waals surface area contributed by atoms with E-state index in [2.05, 4.69) is 32.1 Å². The minimum Gasteiger partial charge on any atom is -0.357 e. The van der Waals surface area contributed by atoms with E-state index in [1.165, 1.54) is 0 Å². The summed E-state index contributed by atoms with van der Waals surface area (Å²) in [5.74, 6) is 0.856. The zero-order chi connectivity index (χ0) is 8.85. The summed E-state index contributed by atoms with van der Waals surface area (Å²) in [7, 11) is 1.98. The summed E-state index contributed by atoms with van der Waals surface area (Å²) < 4.78 is 0. The molecule has 2 heteroatoms. The molecule has 0 unspecified atom stereocenters. The molecule has 0 saturated heterocycles. The smallest absolute Gasteiger partial charge is 0.127 e. The van der Waals surface area contributed by atoms with Gasteiger partial charge in [0.25, 0.3) is 0 Å². The first kappa shape index (κ1) is 9.95. The predicted molar refractivity (Wildman–Crippen MR) is 50.7 cm³/mol. The first-order valence-corrected chi connectivity index (χ1v) is 3.65. The van der Waals surface area contributed by atoms with Crippen molar-refractivity contribution in [2.75, 3.05) is 7.05 Å². The molecule has 0 bridgehead atoms. The minimum absolute atomic E-state index is 0.437. The average Bonchev–Trinajstić information content (AvgIpc) is 1.98. The van der Waals surface area contributed by atoms with Gasteiger partial charge in [-0.25, -0.2) is 4.99 Å². The number of hydrogen-bond acceptors (Lipinski definition) is 2. The van der Waals surface area contributed by atoms with Crippen LogP contribution in [0.3, 0.4) is 0 Å². The molecule has 0 atom stereocenters. The summed E-state index contributed by atoms with van der Waals surface area (Å²) in [6, 6.07) is 0.437. The molecule has 0 aromatic heterocycles. The number of allylic oxidation sites excluding steroid dienone is 2. The van der Waals surface area contributed by atoms with Crippen LogP contribution in [0, 0.1) is 0 Å². The highest BCUT2D eigenvalue weighted by Gasteiger charge is 2.03. The lowest BCUT2D eigenvalue weighted by Gasteiger charge is -2.23. The van der Waals surface area contributed by atoms with Crippen LogP contribution >= 0.6 is 0 Å². The van der Waals surface area contributed by atoms with Crippen molar-refractivity contribution in [3.63, 3.8) is 0 Å². The molecule has 0 aromatic carbocycles. The molecule has 0 saturated carbocycles. The van der Waals surface area contributed by atoms with E-state index in [1.54, 1.807) is 6.08 Å². The van der Waals surface area contributed by atoms with Crippen LogP contribution in [-0.4, -0.2) is 24.7 Å². The summed E-state index contributed by atoms with van der Waals surface area (Å²) in [4.78, 5) is 5.90. The van der Waals surface area contributed by atoms with E-state index in [-0.39, 0.29) is 0 Å². The van der Waals surface area contributed by atoms with E-state index >= 15 is 0 Å². The minimum atomic E-state index is 0.437. The fourth-order valence-electron chi connectivity index (χ4n) is 0.652. The molecule has 0 amide bonds. The Labute approximate surface area is 68.9 Å². The van der Waals surface area contributed by atoms with Crippen LogP contribution in [0.1, 0.15) is 13.8 Å². The van der Waals surface area contributed by atoms with Gasteiger partial charge in [0.1, 0.15) is 5.82 Å². The molecular formula is C9H16N2. The Hall–Kier alpha value is -1.05. The van der Waals surface area contributed by atoms with Gasteiger partial charge in [0.05, 0.1) is 0 Å². The summed E-state index contributed by atoms with van der Waals surface area (Å²) in [6.45, 7) is 11.3. The Morgan fingerprint density at radius 1 is 1.55 bits per heavy atom. The van der Waals surface area contributed by atoms with Gasteiger partial charge >= 0.3 is 0 Å². The van der Waals surface area contributed by atoms with Crippen LogP contribution in [0.25, 0.3) is 0 Å². The van der Waals surface area contributed by atoms with Gasteiger partial charge in [-0.2, -0.15) is 0 Å². The van der Waals surface area contributed by atoms with Gasteiger partial charge < -0.3 is 4.90 Å². The van der Waals surface area contributed by atoms with Gasteiger partial charge in [0.15, 0.2) is 0 Å². The highest BCUT2D eigenvalue weighted by molar-refractivity contribution is 5.29. The van der Waals surface area contributed by atoms with E-state index in [4.69, 9.17) is 0 Å². The van der Waals surface area contributed by atoms with Gasteiger partial charge in [0.2, 0.25) is 0 Å². The van der Waals surface area contributed by atoms with Crippen molar-refractivity contribution in [3.8, 4) is 0 Å². The van der Waals surface area contributed by atoms with Crippen LogP contribution in [0.2, 0.25) is 0 Å². The summed E-state index contributed by atoms with van der Waals surface area (Å²) in [6.07, 6.45) is 3.55. The van der Waals surface area contributed by atoms with Gasteiger partial charge in [-0.1, -0.05) is 12.7 Å². The zero-order valence-electron chi connectivity index (χ0n) is 7.54. The van der Waals surface area contributed by atoms with E-state index < -0.39 is 0 Å². The summed E-state index contributed by atoms with van der Waals surface area (Å²) in [5, 5.41) is 0. The number of nitrogens with zero attached hydrogens (tertiary/aromatic N) is 2. The monoisotopic (exact) mass is 152 g/mol. The molecule has 2 nitrogen and oxygen atoms in total. The Kier molecular flexibility index (Phi) is 4.27.